The van der Waals surface area contributed by atoms with Gasteiger partial charge in [0.1, 0.15) is 10.3 Å². The van der Waals surface area contributed by atoms with Crippen LogP contribution >= 0.6 is 15.9 Å². The highest BCUT2D eigenvalue weighted by Crippen LogP contribution is 2.25. The lowest BCUT2D eigenvalue weighted by atomic mass is 9.97. The zero-order valence-electron chi connectivity index (χ0n) is 10.5. The molecule has 4 heteroatoms. The minimum atomic E-state index is 0.224. The monoisotopic (exact) mass is 295 g/mol. The maximum absolute atomic E-state index is 5.78. The number of aromatic nitrogens is 2. The molecular formula is C13H18BrN3. The van der Waals surface area contributed by atoms with Gasteiger partial charge in [0, 0.05) is 24.7 Å². The number of nitrogens with zero attached hydrogens (tertiary/aromatic N) is 2. The van der Waals surface area contributed by atoms with Gasteiger partial charge in [0.05, 0.1) is 0 Å². The Morgan fingerprint density at radius 2 is 2.06 bits per heavy atom. The second-order valence-corrected chi connectivity index (χ2v) is 6.36. The van der Waals surface area contributed by atoms with Gasteiger partial charge >= 0.3 is 0 Å². The zero-order valence-corrected chi connectivity index (χ0v) is 12.1. The van der Waals surface area contributed by atoms with Gasteiger partial charge in [-0.1, -0.05) is 20.8 Å². The lowest BCUT2D eigenvalue weighted by Crippen LogP contribution is -2.15. The lowest BCUT2D eigenvalue weighted by molar-refractivity contribution is 0.348. The molecular weight excluding hydrogens is 278 g/mol. The topological polar surface area (TPSA) is 43.8 Å². The van der Waals surface area contributed by atoms with Crippen molar-refractivity contribution in [1.29, 1.82) is 0 Å². The molecule has 0 fully saturated rings. The van der Waals surface area contributed by atoms with E-state index in [0.717, 1.165) is 27.7 Å². The molecule has 0 aromatic carbocycles. The molecule has 2 N–H and O–H groups in total. The Balaban J connectivity index is 2.58. The number of pyridine rings is 1. The first-order valence-corrected chi connectivity index (χ1v) is 6.54. The molecule has 0 saturated carbocycles. The number of hydrogen-bond acceptors (Lipinski definition) is 2. The molecule has 0 unspecified atom stereocenters. The van der Waals surface area contributed by atoms with Crippen molar-refractivity contribution >= 4 is 27.0 Å². The smallest absolute Gasteiger partial charge is 0.141 e. The van der Waals surface area contributed by atoms with Crippen molar-refractivity contribution in [3.63, 3.8) is 0 Å². The van der Waals surface area contributed by atoms with E-state index in [4.69, 9.17) is 5.73 Å². The second kappa shape index (κ2) is 4.42. The Morgan fingerprint density at radius 1 is 1.35 bits per heavy atom. The van der Waals surface area contributed by atoms with E-state index in [9.17, 15) is 0 Å². The van der Waals surface area contributed by atoms with Crippen LogP contribution in [0.3, 0.4) is 0 Å². The Labute approximate surface area is 110 Å². The van der Waals surface area contributed by atoms with E-state index in [1.165, 1.54) is 0 Å². The average molecular weight is 296 g/mol. The van der Waals surface area contributed by atoms with Crippen LogP contribution in [0.1, 0.15) is 26.3 Å². The second-order valence-electron chi connectivity index (χ2n) is 5.55. The molecule has 0 aliphatic rings. The minimum Gasteiger partial charge on any atom is -0.332 e. The highest BCUT2D eigenvalue weighted by molar-refractivity contribution is 9.10. The van der Waals surface area contributed by atoms with Crippen molar-refractivity contribution < 1.29 is 0 Å². The van der Waals surface area contributed by atoms with E-state index in [0.29, 0.717) is 6.54 Å². The molecule has 0 amide bonds. The largest absolute Gasteiger partial charge is 0.332 e. The van der Waals surface area contributed by atoms with Crippen molar-refractivity contribution in [2.75, 3.05) is 0 Å². The summed E-state index contributed by atoms with van der Waals surface area (Å²) in [4.78, 5) is 4.55. The molecule has 2 aromatic heterocycles. The number of fused-ring (bicyclic) bond motifs is 1. The van der Waals surface area contributed by atoms with E-state index in [2.05, 4.69) is 58.5 Å². The van der Waals surface area contributed by atoms with Crippen molar-refractivity contribution in [3.05, 3.63) is 28.5 Å². The number of hydrogen-bond donors (Lipinski definition) is 1. The summed E-state index contributed by atoms with van der Waals surface area (Å²) in [6.45, 7) is 8.15. The SMILES string of the molecule is CC(C)(C)Cn1cc(CN)c2ccc(Br)nc21. The average Bonchev–Trinajstić information content (AvgIpc) is 2.54. The molecule has 17 heavy (non-hydrogen) atoms. The van der Waals surface area contributed by atoms with Gasteiger partial charge in [-0.3, -0.25) is 0 Å². The Morgan fingerprint density at radius 3 is 2.65 bits per heavy atom. The molecule has 92 valence electrons. The Bertz CT molecular complexity index is 537. The van der Waals surface area contributed by atoms with Crippen molar-refractivity contribution in [1.82, 2.24) is 9.55 Å². The summed E-state index contributed by atoms with van der Waals surface area (Å²) in [5, 5.41) is 1.15. The molecule has 0 saturated heterocycles. The maximum atomic E-state index is 5.78. The lowest BCUT2D eigenvalue weighted by Gasteiger charge is -2.19. The molecule has 0 atom stereocenters. The summed E-state index contributed by atoms with van der Waals surface area (Å²) in [6.07, 6.45) is 2.12. The van der Waals surface area contributed by atoms with Crippen LogP contribution in [0.5, 0.6) is 0 Å². The van der Waals surface area contributed by atoms with Gasteiger partial charge < -0.3 is 10.3 Å². The van der Waals surface area contributed by atoms with Gasteiger partial charge in [-0.05, 0) is 39.0 Å². The van der Waals surface area contributed by atoms with E-state index >= 15 is 0 Å². The van der Waals surface area contributed by atoms with Gasteiger partial charge in [0.15, 0.2) is 0 Å². The van der Waals surface area contributed by atoms with Crippen LogP contribution < -0.4 is 5.73 Å². The third-order valence-corrected chi connectivity index (χ3v) is 3.08. The normalized spacial score (nSPS) is 12.3. The van der Waals surface area contributed by atoms with E-state index in [1.54, 1.807) is 0 Å². The molecule has 0 aliphatic heterocycles. The van der Waals surface area contributed by atoms with Crippen LogP contribution in [-0.4, -0.2) is 9.55 Å². The highest BCUT2D eigenvalue weighted by Gasteiger charge is 2.15. The standard InChI is InChI=1S/C13H18BrN3/c1-13(2,3)8-17-7-9(6-15)10-4-5-11(14)16-12(10)17/h4-5,7H,6,8,15H2,1-3H3. The summed E-state index contributed by atoms with van der Waals surface area (Å²) in [7, 11) is 0. The number of rotatable bonds is 2. The third-order valence-electron chi connectivity index (χ3n) is 2.64. The van der Waals surface area contributed by atoms with Gasteiger partial charge in [0.2, 0.25) is 0 Å². The molecule has 2 aromatic rings. The highest BCUT2D eigenvalue weighted by atomic mass is 79.9. The number of halogens is 1. The first-order chi connectivity index (χ1) is 7.90. The zero-order chi connectivity index (χ0) is 12.6. The van der Waals surface area contributed by atoms with Crippen LogP contribution in [0.2, 0.25) is 0 Å². The Hall–Kier alpha value is -0.870. The van der Waals surface area contributed by atoms with Crippen molar-refractivity contribution in [2.24, 2.45) is 11.1 Å². The van der Waals surface area contributed by atoms with Gasteiger partial charge in [0.25, 0.3) is 0 Å². The van der Waals surface area contributed by atoms with Gasteiger partial charge in [-0.15, -0.1) is 0 Å². The summed E-state index contributed by atoms with van der Waals surface area (Å²) in [5.41, 5.74) is 8.17. The molecule has 0 bridgehead atoms. The molecule has 2 rings (SSSR count). The molecule has 0 radical (unpaired) electrons. The van der Waals surface area contributed by atoms with Crippen LogP contribution in [-0.2, 0) is 13.1 Å². The van der Waals surface area contributed by atoms with Gasteiger partial charge in [-0.2, -0.15) is 0 Å². The van der Waals surface area contributed by atoms with Crippen molar-refractivity contribution in [3.8, 4) is 0 Å². The number of nitrogens with two attached hydrogens (primary N) is 1. The predicted octanol–water partition coefficient (Wildman–Crippen LogP) is 3.30. The minimum absolute atomic E-state index is 0.224. The summed E-state index contributed by atoms with van der Waals surface area (Å²) in [6, 6.07) is 4.04. The van der Waals surface area contributed by atoms with Crippen LogP contribution in [0, 0.1) is 5.41 Å². The quantitative estimate of drug-likeness (QED) is 0.864. The maximum Gasteiger partial charge on any atom is 0.141 e. The predicted molar refractivity (Wildman–Crippen MR) is 74.8 cm³/mol. The molecule has 0 aliphatic carbocycles. The van der Waals surface area contributed by atoms with Crippen LogP contribution in [0.25, 0.3) is 11.0 Å². The van der Waals surface area contributed by atoms with Gasteiger partial charge in [-0.25, -0.2) is 4.98 Å². The molecule has 2 heterocycles. The van der Waals surface area contributed by atoms with E-state index in [-0.39, 0.29) is 5.41 Å². The van der Waals surface area contributed by atoms with E-state index in [1.807, 2.05) is 6.07 Å². The van der Waals surface area contributed by atoms with Crippen LogP contribution in [0.4, 0.5) is 0 Å². The van der Waals surface area contributed by atoms with Crippen LogP contribution in [0.15, 0.2) is 22.9 Å². The van der Waals surface area contributed by atoms with E-state index < -0.39 is 0 Å². The fourth-order valence-corrected chi connectivity index (χ4v) is 2.31. The Kier molecular flexibility index (Phi) is 3.27. The fourth-order valence-electron chi connectivity index (χ4n) is 2.01. The first-order valence-electron chi connectivity index (χ1n) is 5.75. The summed E-state index contributed by atoms with van der Waals surface area (Å²) < 4.78 is 3.06. The first kappa shape index (κ1) is 12.6. The summed E-state index contributed by atoms with van der Waals surface area (Å²) >= 11 is 3.42. The fraction of sp³-hybridized carbons (Fsp3) is 0.462. The molecule has 3 nitrogen and oxygen atoms in total. The third kappa shape index (κ3) is 2.69. The summed E-state index contributed by atoms with van der Waals surface area (Å²) in [5.74, 6) is 0. The molecule has 0 spiro atoms. The van der Waals surface area contributed by atoms with Crippen molar-refractivity contribution in [2.45, 2.75) is 33.9 Å².